The molecule has 0 radical (unpaired) electrons. The largest absolute Gasteiger partial charge is 0.352 e. The molecule has 0 aliphatic heterocycles. The third-order valence-corrected chi connectivity index (χ3v) is 4.34. The molecule has 1 N–H and O–H groups in total. The normalized spacial score (nSPS) is 10.6. The van der Waals surface area contributed by atoms with Gasteiger partial charge in [0.2, 0.25) is 0 Å². The number of carbonyl (C=O) groups excluding carboxylic acids is 1. The van der Waals surface area contributed by atoms with Crippen molar-refractivity contribution in [2.45, 2.75) is 33.6 Å². The number of benzene rings is 1. The minimum Gasteiger partial charge on any atom is -0.352 e. The Bertz CT molecular complexity index is 585. The molecule has 0 fully saturated rings. The summed E-state index contributed by atoms with van der Waals surface area (Å²) >= 11 is 1.67. The van der Waals surface area contributed by atoms with Crippen molar-refractivity contribution < 1.29 is 4.79 Å². The van der Waals surface area contributed by atoms with Crippen LogP contribution in [0.1, 0.15) is 40.7 Å². The molecule has 0 atom stereocenters. The van der Waals surface area contributed by atoms with Crippen LogP contribution >= 0.6 is 11.3 Å². The maximum atomic E-state index is 12.0. The second kappa shape index (κ2) is 6.66. The van der Waals surface area contributed by atoms with Gasteiger partial charge in [-0.2, -0.15) is 0 Å². The monoisotopic (exact) mass is 288 g/mol. The molecule has 1 heterocycles. The summed E-state index contributed by atoms with van der Waals surface area (Å²) in [4.78, 5) is 17.8. The van der Waals surface area contributed by atoms with Crippen LogP contribution in [0.15, 0.2) is 24.3 Å². The van der Waals surface area contributed by atoms with Crippen LogP contribution in [-0.2, 0) is 0 Å². The van der Waals surface area contributed by atoms with Gasteiger partial charge in [0.1, 0.15) is 5.01 Å². The van der Waals surface area contributed by atoms with Gasteiger partial charge >= 0.3 is 0 Å². The van der Waals surface area contributed by atoms with Crippen LogP contribution < -0.4 is 5.32 Å². The molecule has 20 heavy (non-hydrogen) atoms. The number of thiazole rings is 1. The Balaban J connectivity index is 2.17. The summed E-state index contributed by atoms with van der Waals surface area (Å²) in [6, 6.07) is 7.67. The Morgan fingerprint density at radius 2 is 2.15 bits per heavy atom. The molecular formula is C16H20N2OS. The number of nitrogens with one attached hydrogen (secondary N) is 1. The van der Waals surface area contributed by atoms with Crippen LogP contribution in [0, 0.1) is 13.8 Å². The molecule has 106 valence electrons. The second-order valence-corrected chi connectivity index (χ2v) is 6.05. The van der Waals surface area contributed by atoms with Crippen LogP contribution in [0.5, 0.6) is 0 Å². The highest BCUT2D eigenvalue weighted by Gasteiger charge is 2.09. The Morgan fingerprint density at radius 1 is 1.35 bits per heavy atom. The van der Waals surface area contributed by atoms with Crippen molar-refractivity contribution in [1.82, 2.24) is 10.3 Å². The molecule has 0 saturated heterocycles. The topological polar surface area (TPSA) is 42.0 Å². The lowest BCUT2D eigenvalue weighted by Crippen LogP contribution is -2.24. The predicted octanol–water partition coefficient (Wildman–Crippen LogP) is 3.96. The average molecular weight is 288 g/mol. The molecular weight excluding hydrogens is 268 g/mol. The molecule has 1 aromatic carbocycles. The van der Waals surface area contributed by atoms with Crippen molar-refractivity contribution in [2.75, 3.05) is 6.54 Å². The van der Waals surface area contributed by atoms with E-state index >= 15 is 0 Å². The number of aromatic nitrogens is 1. The van der Waals surface area contributed by atoms with Gasteiger partial charge in [-0.3, -0.25) is 4.79 Å². The molecule has 4 heteroatoms. The lowest BCUT2D eigenvalue weighted by molar-refractivity contribution is 0.0953. The molecule has 0 spiro atoms. The first-order valence-corrected chi connectivity index (χ1v) is 7.76. The van der Waals surface area contributed by atoms with E-state index in [-0.39, 0.29) is 5.91 Å². The first kappa shape index (κ1) is 14.7. The van der Waals surface area contributed by atoms with Crippen molar-refractivity contribution in [2.24, 2.45) is 0 Å². The Kier molecular flexibility index (Phi) is 4.90. The van der Waals surface area contributed by atoms with Crippen LogP contribution in [0.3, 0.4) is 0 Å². The van der Waals surface area contributed by atoms with Gasteiger partial charge in [0.25, 0.3) is 5.91 Å². The lowest BCUT2D eigenvalue weighted by atomic mass is 10.1. The third-order valence-electron chi connectivity index (χ3n) is 3.22. The summed E-state index contributed by atoms with van der Waals surface area (Å²) in [5, 5.41) is 3.91. The van der Waals surface area contributed by atoms with Gasteiger partial charge in [-0.1, -0.05) is 25.5 Å². The summed E-state index contributed by atoms with van der Waals surface area (Å²) in [6.45, 7) is 6.92. The van der Waals surface area contributed by atoms with Crippen molar-refractivity contribution >= 4 is 17.2 Å². The van der Waals surface area contributed by atoms with Crippen LogP contribution in [0.2, 0.25) is 0 Å². The van der Waals surface area contributed by atoms with Crippen molar-refractivity contribution in [1.29, 1.82) is 0 Å². The zero-order valence-corrected chi connectivity index (χ0v) is 13.0. The molecule has 0 unspecified atom stereocenters. The van der Waals surface area contributed by atoms with Gasteiger partial charge in [0, 0.05) is 22.5 Å². The van der Waals surface area contributed by atoms with Gasteiger partial charge in [0.05, 0.1) is 5.69 Å². The van der Waals surface area contributed by atoms with Crippen LogP contribution in [0.4, 0.5) is 0 Å². The van der Waals surface area contributed by atoms with Crippen molar-refractivity contribution in [3.8, 4) is 10.6 Å². The predicted molar refractivity (Wildman–Crippen MR) is 84.3 cm³/mol. The number of nitrogens with zero attached hydrogens (tertiary/aromatic N) is 1. The summed E-state index contributed by atoms with van der Waals surface area (Å²) in [7, 11) is 0. The maximum absolute atomic E-state index is 12.0. The molecule has 3 nitrogen and oxygen atoms in total. The Labute approximate surface area is 124 Å². The smallest absolute Gasteiger partial charge is 0.251 e. The Morgan fingerprint density at radius 3 is 2.80 bits per heavy atom. The summed E-state index contributed by atoms with van der Waals surface area (Å²) in [5.41, 5.74) is 2.77. The van der Waals surface area contributed by atoms with Crippen LogP contribution in [-0.4, -0.2) is 17.4 Å². The Hall–Kier alpha value is -1.68. The first-order chi connectivity index (χ1) is 9.61. The highest BCUT2D eigenvalue weighted by atomic mass is 32.1. The number of hydrogen-bond acceptors (Lipinski definition) is 3. The third kappa shape index (κ3) is 3.45. The van der Waals surface area contributed by atoms with E-state index in [1.54, 1.807) is 11.3 Å². The fourth-order valence-electron chi connectivity index (χ4n) is 1.87. The molecule has 2 rings (SSSR count). The SMILES string of the molecule is CCCCNC(=O)c1cccc(-c2nc(C)c(C)s2)c1. The summed E-state index contributed by atoms with van der Waals surface area (Å²) < 4.78 is 0. The number of aryl methyl sites for hydroxylation is 2. The van der Waals surface area contributed by atoms with E-state index in [0.29, 0.717) is 5.56 Å². The number of hydrogen-bond donors (Lipinski definition) is 1. The van der Waals surface area contributed by atoms with E-state index in [9.17, 15) is 4.79 Å². The van der Waals surface area contributed by atoms with Gasteiger partial charge in [-0.25, -0.2) is 4.98 Å². The highest BCUT2D eigenvalue weighted by Crippen LogP contribution is 2.27. The lowest BCUT2D eigenvalue weighted by Gasteiger charge is -2.05. The zero-order chi connectivity index (χ0) is 14.5. The van der Waals surface area contributed by atoms with Crippen molar-refractivity contribution in [3.05, 3.63) is 40.4 Å². The molecule has 0 bridgehead atoms. The quantitative estimate of drug-likeness (QED) is 0.846. The first-order valence-electron chi connectivity index (χ1n) is 6.94. The number of carbonyl (C=O) groups is 1. The van der Waals surface area contributed by atoms with Crippen LogP contribution in [0.25, 0.3) is 10.6 Å². The zero-order valence-electron chi connectivity index (χ0n) is 12.2. The number of unbranched alkanes of at least 4 members (excludes halogenated alkanes) is 1. The van der Waals surface area contributed by atoms with Gasteiger partial charge in [-0.05, 0) is 32.4 Å². The van der Waals surface area contributed by atoms with E-state index in [4.69, 9.17) is 0 Å². The molecule has 2 aromatic rings. The number of rotatable bonds is 5. The molecule has 0 aliphatic rings. The second-order valence-electron chi connectivity index (χ2n) is 4.85. The molecule has 0 aliphatic carbocycles. The minimum atomic E-state index is -0.00898. The highest BCUT2D eigenvalue weighted by molar-refractivity contribution is 7.15. The van der Waals surface area contributed by atoms with Gasteiger partial charge < -0.3 is 5.32 Å². The molecule has 0 saturated carbocycles. The van der Waals surface area contributed by atoms with Gasteiger partial charge in [0.15, 0.2) is 0 Å². The van der Waals surface area contributed by atoms with E-state index in [0.717, 1.165) is 35.7 Å². The van der Waals surface area contributed by atoms with E-state index in [2.05, 4.69) is 24.1 Å². The minimum absolute atomic E-state index is 0.00898. The molecule has 1 amide bonds. The summed E-state index contributed by atoms with van der Waals surface area (Å²) in [5.74, 6) is -0.00898. The number of amides is 1. The average Bonchev–Trinajstić information content (AvgIpc) is 2.79. The standard InChI is InChI=1S/C16H20N2OS/c1-4-5-9-17-15(19)13-7-6-8-14(10-13)16-18-11(2)12(3)20-16/h6-8,10H,4-5,9H2,1-3H3,(H,17,19). The van der Waals surface area contributed by atoms with Gasteiger partial charge in [-0.15, -0.1) is 11.3 Å². The van der Waals surface area contributed by atoms with Crippen molar-refractivity contribution in [3.63, 3.8) is 0 Å². The maximum Gasteiger partial charge on any atom is 0.251 e. The fraction of sp³-hybridized carbons (Fsp3) is 0.375. The fourth-order valence-corrected chi connectivity index (χ4v) is 2.78. The van der Waals surface area contributed by atoms with E-state index < -0.39 is 0 Å². The van der Waals surface area contributed by atoms with E-state index in [1.807, 2.05) is 31.2 Å². The molecule has 1 aromatic heterocycles. The summed E-state index contributed by atoms with van der Waals surface area (Å²) in [6.07, 6.45) is 2.09. The van der Waals surface area contributed by atoms with E-state index in [1.165, 1.54) is 4.88 Å².